The predicted molar refractivity (Wildman–Crippen MR) is 130 cm³/mol. The molecule has 1 aromatic heterocycles. The smallest absolute Gasteiger partial charge is 0.242 e. The first-order valence-electron chi connectivity index (χ1n) is 11.5. The van der Waals surface area contributed by atoms with Gasteiger partial charge in [0, 0.05) is 44.1 Å². The van der Waals surface area contributed by atoms with Crippen molar-refractivity contribution in [1.29, 1.82) is 0 Å². The van der Waals surface area contributed by atoms with E-state index in [1.54, 1.807) is 4.90 Å². The lowest BCUT2D eigenvalue weighted by atomic mass is 9.96. The third-order valence-electron chi connectivity index (χ3n) is 6.42. The van der Waals surface area contributed by atoms with Gasteiger partial charge in [0.05, 0.1) is 30.9 Å². The normalized spacial score (nSPS) is 18.5. The molecule has 10 heteroatoms. The molecule has 0 aliphatic carbocycles. The Morgan fingerprint density at radius 1 is 1.03 bits per heavy atom. The van der Waals surface area contributed by atoms with E-state index in [9.17, 15) is 13.2 Å². The summed E-state index contributed by atoms with van der Waals surface area (Å²) in [6.07, 6.45) is 7.98. The van der Waals surface area contributed by atoms with Gasteiger partial charge in [-0.3, -0.25) is 9.78 Å². The Morgan fingerprint density at radius 2 is 1.76 bits per heavy atom. The Labute approximate surface area is 195 Å². The summed E-state index contributed by atoms with van der Waals surface area (Å²) in [7, 11) is -3.35. The van der Waals surface area contributed by atoms with Crippen LogP contribution < -0.4 is 15.1 Å². The minimum atomic E-state index is -3.35. The SMILES string of the molecule is CCc1cnc(N2CCC(CNc3ccc(N4CCN(S(C)(=O)=O)CC4=O)cc3)CC2)cn1. The number of sulfonamides is 1. The van der Waals surface area contributed by atoms with Crippen LogP contribution in [0.15, 0.2) is 36.7 Å². The average molecular weight is 473 g/mol. The van der Waals surface area contributed by atoms with Gasteiger partial charge in [0.15, 0.2) is 0 Å². The average Bonchev–Trinajstić information content (AvgIpc) is 2.83. The van der Waals surface area contributed by atoms with E-state index in [4.69, 9.17) is 0 Å². The van der Waals surface area contributed by atoms with E-state index in [-0.39, 0.29) is 12.5 Å². The van der Waals surface area contributed by atoms with Gasteiger partial charge in [-0.05, 0) is 49.4 Å². The van der Waals surface area contributed by atoms with Crippen molar-refractivity contribution in [2.45, 2.75) is 26.2 Å². The number of aromatic nitrogens is 2. The van der Waals surface area contributed by atoms with Crippen molar-refractivity contribution in [2.24, 2.45) is 5.92 Å². The maximum atomic E-state index is 12.4. The number of piperidine rings is 1. The fraction of sp³-hybridized carbons (Fsp3) is 0.522. The van der Waals surface area contributed by atoms with E-state index in [2.05, 4.69) is 27.1 Å². The molecule has 178 valence electrons. The molecule has 2 aliphatic rings. The molecule has 0 atom stereocenters. The van der Waals surface area contributed by atoms with Crippen LogP contribution in [0.3, 0.4) is 0 Å². The molecule has 0 unspecified atom stereocenters. The molecule has 0 radical (unpaired) electrons. The number of amides is 1. The Hall–Kier alpha value is -2.72. The first kappa shape index (κ1) is 23.4. The summed E-state index contributed by atoms with van der Waals surface area (Å²) in [4.78, 5) is 25.4. The van der Waals surface area contributed by atoms with Gasteiger partial charge in [-0.2, -0.15) is 4.31 Å². The zero-order valence-corrected chi connectivity index (χ0v) is 20.1. The predicted octanol–water partition coefficient (Wildman–Crippen LogP) is 1.98. The van der Waals surface area contributed by atoms with E-state index < -0.39 is 10.0 Å². The topological polar surface area (TPSA) is 98.7 Å². The quantitative estimate of drug-likeness (QED) is 0.658. The molecule has 2 saturated heterocycles. The third kappa shape index (κ3) is 5.80. The van der Waals surface area contributed by atoms with Crippen molar-refractivity contribution in [3.63, 3.8) is 0 Å². The number of carbonyl (C=O) groups excluding carboxylic acids is 1. The highest BCUT2D eigenvalue weighted by atomic mass is 32.2. The second-order valence-electron chi connectivity index (χ2n) is 8.72. The summed E-state index contributed by atoms with van der Waals surface area (Å²) in [5.41, 5.74) is 2.83. The molecule has 3 heterocycles. The first-order valence-corrected chi connectivity index (χ1v) is 13.3. The van der Waals surface area contributed by atoms with Crippen LogP contribution in [0.2, 0.25) is 0 Å². The van der Waals surface area contributed by atoms with Crippen molar-refractivity contribution >= 4 is 33.1 Å². The molecule has 9 nitrogen and oxygen atoms in total. The summed E-state index contributed by atoms with van der Waals surface area (Å²) in [5.74, 6) is 1.35. The molecular formula is C23H32N6O3S. The summed E-state index contributed by atoms with van der Waals surface area (Å²) < 4.78 is 24.6. The Balaban J connectivity index is 1.24. The van der Waals surface area contributed by atoms with Crippen molar-refractivity contribution in [3.05, 3.63) is 42.4 Å². The highest BCUT2D eigenvalue weighted by Crippen LogP contribution is 2.24. The number of aryl methyl sites for hydroxylation is 1. The van der Waals surface area contributed by atoms with Crippen LogP contribution in [0, 0.1) is 5.92 Å². The molecule has 1 amide bonds. The van der Waals surface area contributed by atoms with Crippen molar-refractivity contribution in [1.82, 2.24) is 14.3 Å². The number of piperazine rings is 1. The van der Waals surface area contributed by atoms with Crippen molar-refractivity contribution < 1.29 is 13.2 Å². The van der Waals surface area contributed by atoms with Gasteiger partial charge in [0.2, 0.25) is 15.9 Å². The molecule has 2 aliphatic heterocycles. The number of anilines is 3. The maximum absolute atomic E-state index is 12.4. The first-order chi connectivity index (χ1) is 15.8. The fourth-order valence-corrected chi connectivity index (χ4v) is 5.05. The van der Waals surface area contributed by atoms with Gasteiger partial charge in [0.1, 0.15) is 5.82 Å². The summed E-state index contributed by atoms with van der Waals surface area (Å²) in [5, 5.41) is 3.51. The fourth-order valence-electron chi connectivity index (χ4n) is 4.29. The second kappa shape index (κ2) is 10.0. The summed E-state index contributed by atoms with van der Waals surface area (Å²) in [6, 6.07) is 7.78. The van der Waals surface area contributed by atoms with Gasteiger partial charge in [-0.25, -0.2) is 13.4 Å². The molecule has 1 aromatic carbocycles. The molecule has 4 rings (SSSR count). The summed E-state index contributed by atoms with van der Waals surface area (Å²) in [6.45, 7) is 5.52. The van der Waals surface area contributed by atoms with E-state index in [1.165, 1.54) is 4.31 Å². The standard InChI is InChI=1S/C23H32N6O3S/c1-3-19-15-26-22(16-25-19)27-10-8-18(9-11-27)14-24-20-4-6-21(7-5-20)29-13-12-28(17-23(29)30)33(2,31)32/h4-7,15-16,18,24H,3,8-14,17H2,1-2H3. The van der Waals surface area contributed by atoms with Crippen LogP contribution in [0.25, 0.3) is 0 Å². The monoisotopic (exact) mass is 472 g/mol. The zero-order chi connectivity index (χ0) is 23.4. The van der Waals surface area contributed by atoms with E-state index >= 15 is 0 Å². The number of carbonyl (C=O) groups is 1. The van der Waals surface area contributed by atoms with Gasteiger partial charge in [-0.15, -0.1) is 0 Å². The van der Waals surface area contributed by atoms with Gasteiger partial charge < -0.3 is 15.1 Å². The molecule has 0 saturated carbocycles. The second-order valence-corrected chi connectivity index (χ2v) is 10.7. The molecular weight excluding hydrogens is 440 g/mol. The van der Waals surface area contributed by atoms with Crippen LogP contribution in [0.4, 0.5) is 17.2 Å². The van der Waals surface area contributed by atoms with Gasteiger partial charge >= 0.3 is 0 Å². The van der Waals surface area contributed by atoms with Crippen LogP contribution in [-0.2, 0) is 21.2 Å². The Bertz CT molecular complexity index is 1050. The van der Waals surface area contributed by atoms with Crippen molar-refractivity contribution in [3.8, 4) is 0 Å². The number of rotatable bonds is 7. The van der Waals surface area contributed by atoms with Gasteiger partial charge in [0.25, 0.3) is 0 Å². The molecule has 0 bridgehead atoms. The molecule has 2 fully saturated rings. The molecule has 1 N–H and O–H groups in total. The van der Waals surface area contributed by atoms with Crippen molar-refractivity contribution in [2.75, 3.05) is 60.6 Å². The Kier molecular flexibility index (Phi) is 7.14. The highest BCUT2D eigenvalue weighted by Gasteiger charge is 2.30. The largest absolute Gasteiger partial charge is 0.385 e. The lowest BCUT2D eigenvalue weighted by molar-refractivity contribution is -0.119. The van der Waals surface area contributed by atoms with Crippen LogP contribution >= 0.6 is 0 Å². The number of benzene rings is 1. The van der Waals surface area contributed by atoms with E-state index in [1.807, 2.05) is 36.7 Å². The lowest BCUT2D eigenvalue weighted by Crippen LogP contribution is -2.52. The van der Waals surface area contributed by atoms with E-state index in [0.29, 0.717) is 19.0 Å². The minimum absolute atomic E-state index is 0.105. The molecule has 0 spiro atoms. The highest BCUT2D eigenvalue weighted by molar-refractivity contribution is 7.88. The Morgan fingerprint density at radius 3 is 2.33 bits per heavy atom. The van der Waals surface area contributed by atoms with Crippen LogP contribution in [-0.4, -0.2) is 74.1 Å². The van der Waals surface area contributed by atoms with E-state index in [0.717, 1.165) is 68.0 Å². The van der Waals surface area contributed by atoms with Crippen LogP contribution in [0.1, 0.15) is 25.5 Å². The molecule has 2 aromatic rings. The minimum Gasteiger partial charge on any atom is -0.385 e. The lowest BCUT2D eigenvalue weighted by Gasteiger charge is -2.33. The van der Waals surface area contributed by atoms with Gasteiger partial charge in [-0.1, -0.05) is 6.92 Å². The summed E-state index contributed by atoms with van der Waals surface area (Å²) >= 11 is 0. The number of hydrogen-bond donors (Lipinski definition) is 1. The third-order valence-corrected chi connectivity index (χ3v) is 7.67. The zero-order valence-electron chi connectivity index (χ0n) is 19.3. The number of nitrogens with zero attached hydrogens (tertiary/aromatic N) is 5. The van der Waals surface area contributed by atoms with Crippen LogP contribution in [0.5, 0.6) is 0 Å². The number of hydrogen-bond acceptors (Lipinski definition) is 7. The number of nitrogens with one attached hydrogen (secondary N) is 1. The maximum Gasteiger partial charge on any atom is 0.242 e. The molecule has 33 heavy (non-hydrogen) atoms.